The summed E-state index contributed by atoms with van der Waals surface area (Å²) in [5.74, 6) is -0.0184. The smallest absolute Gasteiger partial charge is 0.307 e. The Hall–Kier alpha value is -1.06. The molecule has 92 valence electrons. The molecule has 1 atom stereocenters. The van der Waals surface area contributed by atoms with E-state index in [-0.39, 0.29) is 17.9 Å². The van der Waals surface area contributed by atoms with Crippen molar-refractivity contribution in [3.63, 3.8) is 0 Å². The Morgan fingerprint density at radius 3 is 2.75 bits per heavy atom. The number of esters is 1. The van der Waals surface area contributed by atoms with E-state index in [0.29, 0.717) is 19.4 Å². The molecule has 1 amide bonds. The molecule has 1 rings (SSSR count). The summed E-state index contributed by atoms with van der Waals surface area (Å²) < 4.78 is 4.92. The second-order valence-electron chi connectivity index (χ2n) is 4.12. The van der Waals surface area contributed by atoms with E-state index in [1.165, 1.54) is 0 Å². The Labute approximate surface area is 96.9 Å². The van der Waals surface area contributed by atoms with E-state index in [0.717, 1.165) is 25.8 Å². The minimum atomic E-state index is -0.201. The maximum Gasteiger partial charge on any atom is 0.307 e. The third kappa shape index (κ3) is 3.51. The molecule has 0 aromatic heterocycles. The molecular weight excluding hydrogens is 206 g/mol. The van der Waals surface area contributed by atoms with Crippen molar-refractivity contribution < 1.29 is 14.3 Å². The van der Waals surface area contributed by atoms with Crippen molar-refractivity contribution in [2.75, 3.05) is 13.2 Å². The zero-order valence-corrected chi connectivity index (χ0v) is 10.2. The van der Waals surface area contributed by atoms with E-state index in [1.54, 1.807) is 6.92 Å². The van der Waals surface area contributed by atoms with E-state index in [1.807, 2.05) is 11.8 Å². The number of amides is 1. The minimum Gasteiger partial charge on any atom is -0.466 e. The monoisotopic (exact) mass is 227 g/mol. The number of piperidine rings is 1. The highest BCUT2D eigenvalue weighted by molar-refractivity contribution is 5.78. The van der Waals surface area contributed by atoms with Crippen LogP contribution in [-0.4, -0.2) is 36.0 Å². The molecule has 0 unspecified atom stereocenters. The number of hydrogen-bond donors (Lipinski definition) is 0. The number of carbonyl (C=O) groups is 2. The van der Waals surface area contributed by atoms with Gasteiger partial charge in [-0.25, -0.2) is 0 Å². The molecule has 1 aliphatic rings. The van der Waals surface area contributed by atoms with Crippen LogP contribution in [-0.2, 0) is 14.3 Å². The predicted molar refractivity (Wildman–Crippen MR) is 60.9 cm³/mol. The molecule has 16 heavy (non-hydrogen) atoms. The van der Waals surface area contributed by atoms with Crippen molar-refractivity contribution in [3.05, 3.63) is 0 Å². The fourth-order valence-corrected chi connectivity index (χ4v) is 2.10. The van der Waals surface area contributed by atoms with Crippen LogP contribution in [0.3, 0.4) is 0 Å². The maximum absolute atomic E-state index is 11.7. The molecule has 0 bridgehead atoms. The van der Waals surface area contributed by atoms with Gasteiger partial charge in [-0.1, -0.05) is 6.92 Å². The second-order valence-corrected chi connectivity index (χ2v) is 4.12. The average molecular weight is 227 g/mol. The molecule has 4 heteroatoms. The summed E-state index contributed by atoms with van der Waals surface area (Å²) in [7, 11) is 0. The van der Waals surface area contributed by atoms with E-state index in [9.17, 15) is 9.59 Å². The lowest BCUT2D eigenvalue weighted by molar-refractivity contribution is -0.146. The van der Waals surface area contributed by atoms with Gasteiger partial charge in [0, 0.05) is 19.0 Å². The quantitative estimate of drug-likeness (QED) is 0.672. The van der Waals surface area contributed by atoms with Gasteiger partial charge in [0.15, 0.2) is 0 Å². The normalized spacial score (nSPS) is 18.4. The largest absolute Gasteiger partial charge is 0.466 e. The Bertz CT molecular complexity index is 253. The molecule has 0 spiro atoms. The third-order valence-corrected chi connectivity index (χ3v) is 2.98. The van der Waals surface area contributed by atoms with Gasteiger partial charge in [0.05, 0.1) is 13.0 Å². The van der Waals surface area contributed by atoms with Crippen molar-refractivity contribution in [2.45, 2.75) is 52.0 Å². The number of likely N-dealkylation sites (tertiary alicyclic amines) is 1. The van der Waals surface area contributed by atoms with Crippen LogP contribution in [0.15, 0.2) is 0 Å². The molecule has 0 aromatic rings. The van der Waals surface area contributed by atoms with Gasteiger partial charge >= 0.3 is 5.97 Å². The summed E-state index contributed by atoms with van der Waals surface area (Å²) in [6.07, 6.45) is 3.79. The number of ether oxygens (including phenoxy) is 1. The van der Waals surface area contributed by atoms with Gasteiger partial charge in [-0.2, -0.15) is 0 Å². The van der Waals surface area contributed by atoms with E-state index >= 15 is 0 Å². The van der Waals surface area contributed by atoms with Crippen LogP contribution in [0, 0.1) is 0 Å². The summed E-state index contributed by atoms with van der Waals surface area (Å²) in [5, 5.41) is 0. The predicted octanol–water partition coefficient (Wildman–Crippen LogP) is 1.73. The van der Waals surface area contributed by atoms with Gasteiger partial charge in [0.2, 0.25) is 5.91 Å². The lowest BCUT2D eigenvalue weighted by Crippen LogP contribution is -2.44. The van der Waals surface area contributed by atoms with E-state index in [4.69, 9.17) is 4.74 Å². The fraction of sp³-hybridized carbons (Fsp3) is 0.833. The summed E-state index contributed by atoms with van der Waals surface area (Å²) in [6.45, 7) is 5.00. The highest BCUT2D eigenvalue weighted by Crippen LogP contribution is 2.18. The summed E-state index contributed by atoms with van der Waals surface area (Å²) in [4.78, 5) is 25.0. The van der Waals surface area contributed by atoms with Gasteiger partial charge in [-0.3, -0.25) is 9.59 Å². The molecule has 0 N–H and O–H groups in total. The molecule has 0 radical (unpaired) electrons. The van der Waals surface area contributed by atoms with Crippen molar-refractivity contribution in [3.8, 4) is 0 Å². The maximum atomic E-state index is 11.7. The van der Waals surface area contributed by atoms with Crippen LogP contribution in [0.2, 0.25) is 0 Å². The first-order valence-corrected chi connectivity index (χ1v) is 6.14. The van der Waals surface area contributed by atoms with Crippen LogP contribution in [0.25, 0.3) is 0 Å². The second kappa shape index (κ2) is 6.51. The lowest BCUT2D eigenvalue weighted by atomic mass is 10.0. The van der Waals surface area contributed by atoms with Crippen molar-refractivity contribution in [2.24, 2.45) is 0 Å². The van der Waals surface area contributed by atoms with Crippen LogP contribution in [0.5, 0.6) is 0 Å². The topological polar surface area (TPSA) is 46.6 Å². The average Bonchev–Trinajstić information content (AvgIpc) is 2.27. The third-order valence-electron chi connectivity index (χ3n) is 2.98. The molecule has 1 fully saturated rings. The first-order valence-electron chi connectivity index (χ1n) is 6.14. The van der Waals surface area contributed by atoms with Gasteiger partial charge in [-0.15, -0.1) is 0 Å². The molecule has 1 saturated heterocycles. The van der Waals surface area contributed by atoms with E-state index in [2.05, 4.69) is 0 Å². The Morgan fingerprint density at radius 1 is 1.44 bits per heavy atom. The van der Waals surface area contributed by atoms with Gasteiger partial charge in [0.25, 0.3) is 0 Å². The van der Waals surface area contributed by atoms with E-state index < -0.39 is 0 Å². The SMILES string of the molecule is CCOC(=O)C[C@@H](CC)N1CCCCC1=O. The molecule has 1 aliphatic heterocycles. The van der Waals surface area contributed by atoms with Crippen LogP contribution >= 0.6 is 0 Å². The van der Waals surface area contributed by atoms with Crippen LogP contribution < -0.4 is 0 Å². The zero-order valence-electron chi connectivity index (χ0n) is 10.2. The number of hydrogen-bond acceptors (Lipinski definition) is 3. The molecule has 0 aromatic carbocycles. The molecule has 0 aliphatic carbocycles. The Kier molecular flexibility index (Phi) is 5.29. The first kappa shape index (κ1) is 13.0. The summed E-state index contributed by atoms with van der Waals surface area (Å²) >= 11 is 0. The standard InChI is InChI=1S/C12H21NO3/c1-3-10(9-12(15)16-4-2)13-8-6-5-7-11(13)14/h10H,3-9H2,1-2H3/t10-/m1/s1. The van der Waals surface area contributed by atoms with Crippen molar-refractivity contribution >= 4 is 11.9 Å². The highest BCUT2D eigenvalue weighted by Gasteiger charge is 2.26. The molecule has 4 nitrogen and oxygen atoms in total. The Morgan fingerprint density at radius 2 is 2.19 bits per heavy atom. The Balaban J connectivity index is 2.51. The van der Waals surface area contributed by atoms with Crippen LogP contribution in [0.1, 0.15) is 46.0 Å². The molecule has 1 heterocycles. The minimum absolute atomic E-state index is 0.0202. The van der Waals surface area contributed by atoms with Crippen LogP contribution in [0.4, 0.5) is 0 Å². The highest BCUT2D eigenvalue weighted by atomic mass is 16.5. The lowest BCUT2D eigenvalue weighted by Gasteiger charge is -2.33. The fourth-order valence-electron chi connectivity index (χ4n) is 2.10. The summed E-state index contributed by atoms with van der Waals surface area (Å²) in [6, 6.07) is 0.0202. The zero-order chi connectivity index (χ0) is 12.0. The number of rotatable bonds is 5. The van der Waals surface area contributed by atoms with Gasteiger partial charge in [-0.05, 0) is 26.2 Å². The van der Waals surface area contributed by atoms with Crippen molar-refractivity contribution in [1.82, 2.24) is 4.90 Å². The first-order chi connectivity index (χ1) is 7.69. The number of nitrogens with zero attached hydrogens (tertiary/aromatic N) is 1. The summed E-state index contributed by atoms with van der Waals surface area (Å²) in [5.41, 5.74) is 0. The van der Waals surface area contributed by atoms with Gasteiger partial charge in [0.1, 0.15) is 0 Å². The molecule has 0 saturated carbocycles. The molecular formula is C12H21NO3. The van der Waals surface area contributed by atoms with Crippen molar-refractivity contribution in [1.29, 1.82) is 0 Å². The number of carbonyl (C=O) groups excluding carboxylic acids is 2. The van der Waals surface area contributed by atoms with Gasteiger partial charge < -0.3 is 9.64 Å².